The van der Waals surface area contributed by atoms with Gasteiger partial charge in [-0.05, 0) is 123 Å². The van der Waals surface area contributed by atoms with E-state index in [0.717, 1.165) is 29.2 Å². The molecule has 0 saturated heterocycles. The molecule has 9 rings (SSSR count). The summed E-state index contributed by atoms with van der Waals surface area (Å²) in [6.07, 6.45) is 1.14. The maximum atomic E-state index is 6.41. The van der Waals surface area contributed by atoms with Gasteiger partial charge < -0.3 is 9.64 Å². The molecule has 8 aromatic carbocycles. The zero-order chi connectivity index (χ0) is 38.8. The van der Waals surface area contributed by atoms with Gasteiger partial charge in [0.25, 0.3) is 0 Å². The topological polar surface area (TPSA) is 12.5 Å². The monoisotopic (exact) mass is 737 g/mol. The lowest BCUT2D eigenvalue weighted by Crippen LogP contribution is -2.28. The molecule has 0 radical (unpaired) electrons. The third-order valence-electron chi connectivity index (χ3n) is 11.9. The van der Waals surface area contributed by atoms with Gasteiger partial charge >= 0.3 is 0 Å². The average molecular weight is 738 g/mol. The molecule has 0 bridgehead atoms. The van der Waals surface area contributed by atoms with E-state index in [1.807, 2.05) is 0 Å². The summed E-state index contributed by atoms with van der Waals surface area (Å²) in [6, 6.07) is 73.1. The summed E-state index contributed by atoms with van der Waals surface area (Å²) in [5.41, 5.74) is 16.5. The fourth-order valence-corrected chi connectivity index (χ4v) is 8.60. The summed E-state index contributed by atoms with van der Waals surface area (Å²) in [5, 5.41) is 0. The summed E-state index contributed by atoms with van der Waals surface area (Å²) in [5.74, 6) is 1.42. The van der Waals surface area contributed by atoms with E-state index in [0.29, 0.717) is 12.5 Å². The van der Waals surface area contributed by atoms with Crippen molar-refractivity contribution in [2.45, 2.75) is 45.1 Å². The van der Waals surface area contributed by atoms with Crippen molar-refractivity contribution in [2.24, 2.45) is 0 Å². The lowest BCUT2D eigenvalue weighted by atomic mass is 9.67. The van der Waals surface area contributed by atoms with Crippen molar-refractivity contribution in [2.75, 3.05) is 4.90 Å². The summed E-state index contributed by atoms with van der Waals surface area (Å²) in [4.78, 5) is 2.38. The quantitative estimate of drug-likeness (QED) is 0.131. The van der Waals surface area contributed by atoms with Crippen LogP contribution in [0.1, 0.15) is 65.1 Å². The largest absolute Gasteiger partial charge is 0.489 e. The molecule has 0 heterocycles. The van der Waals surface area contributed by atoms with E-state index in [1.165, 1.54) is 61.2 Å². The van der Waals surface area contributed by atoms with Crippen molar-refractivity contribution in [3.8, 4) is 28.0 Å². The number of anilines is 3. The van der Waals surface area contributed by atoms with Gasteiger partial charge in [-0.25, -0.2) is 0 Å². The highest BCUT2D eigenvalue weighted by Crippen LogP contribution is 2.57. The predicted molar refractivity (Wildman–Crippen MR) is 238 cm³/mol. The van der Waals surface area contributed by atoms with Gasteiger partial charge in [0.05, 0.1) is 5.41 Å². The molecule has 8 aromatic rings. The summed E-state index contributed by atoms with van der Waals surface area (Å²) in [7, 11) is 0. The van der Waals surface area contributed by atoms with Crippen LogP contribution in [0.4, 0.5) is 17.1 Å². The van der Waals surface area contributed by atoms with Gasteiger partial charge in [0.1, 0.15) is 12.4 Å². The number of nitrogens with zero attached hydrogens (tertiary/aromatic N) is 1. The molecule has 1 aliphatic rings. The van der Waals surface area contributed by atoms with E-state index in [9.17, 15) is 0 Å². The van der Waals surface area contributed by atoms with Crippen molar-refractivity contribution in [3.63, 3.8) is 0 Å². The molecule has 0 N–H and O–H groups in total. The van der Waals surface area contributed by atoms with Gasteiger partial charge in [0, 0.05) is 17.1 Å². The van der Waals surface area contributed by atoms with Crippen LogP contribution in [-0.4, -0.2) is 0 Å². The van der Waals surface area contributed by atoms with Gasteiger partial charge in [-0.3, -0.25) is 0 Å². The van der Waals surface area contributed by atoms with Crippen molar-refractivity contribution in [3.05, 3.63) is 239 Å². The maximum absolute atomic E-state index is 6.41. The first-order valence-electron chi connectivity index (χ1n) is 20.2. The van der Waals surface area contributed by atoms with E-state index in [-0.39, 0.29) is 0 Å². The zero-order valence-electron chi connectivity index (χ0n) is 32.9. The van der Waals surface area contributed by atoms with Crippen LogP contribution in [0.5, 0.6) is 5.75 Å². The fourth-order valence-electron chi connectivity index (χ4n) is 8.60. The zero-order valence-corrected chi connectivity index (χ0v) is 32.9. The third kappa shape index (κ3) is 6.72. The number of hydrogen-bond acceptors (Lipinski definition) is 2. The van der Waals surface area contributed by atoms with Crippen LogP contribution in [-0.2, 0) is 12.0 Å². The molecular weight excluding hydrogens is 691 g/mol. The van der Waals surface area contributed by atoms with Crippen molar-refractivity contribution in [1.82, 2.24) is 0 Å². The van der Waals surface area contributed by atoms with Crippen LogP contribution in [0.3, 0.4) is 0 Å². The Bertz CT molecular complexity index is 2590. The normalized spacial score (nSPS) is 14.7. The Morgan fingerprint density at radius 1 is 0.509 bits per heavy atom. The van der Waals surface area contributed by atoms with Crippen LogP contribution >= 0.6 is 0 Å². The number of ether oxygens (including phenoxy) is 1. The summed E-state index contributed by atoms with van der Waals surface area (Å²) < 4.78 is 6.41. The standard InChI is InChI=1S/C55H47NO/c1-4-40(3)42-23-21-41(22-24-42)38-57-50-34-29-46(30-35-50)55(45-27-19-39(2)20-28-45)53-18-12-11-17-51(53)52-36-33-49(37-54(52)55)56(47-15-9-6-10-16-47)48-31-25-44(26-32-48)43-13-7-5-8-14-43/h5-37,40H,4,38H2,1-3H3. The maximum Gasteiger partial charge on any atom is 0.119 e. The third-order valence-corrected chi connectivity index (χ3v) is 11.9. The number of para-hydroxylation sites is 1. The van der Waals surface area contributed by atoms with Gasteiger partial charge in [0.2, 0.25) is 0 Å². The summed E-state index contributed by atoms with van der Waals surface area (Å²) >= 11 is 0. The lowest BCUT2D eigenvalue weighted by Gasteiger charge is -2.35. The van der Waals surface area contributed by atoms with Gasteiger partial charge in [-0.1, -0.05) is 171 Å². The first kappa shape index (κ1) is 36.0. The Morgan fingerprint density at radius 3 is 1.75 bits per heavy atom. The average Bonchev–Trinajstić information content (AvgIpc) is 3.57. The van der Waals surface area contributed by atoms with E-state index in [2.05, 4.69) is 226 Å². The molecule has 0 fully saturated rings. The second-order valence-electron chi connectivity index (χ2n) is 15.3. The van der Waals surface area contributed by atoms with E-state index < -0.39 is 5.41 Å². The van der Waals surface area contributed by atoms with Crippen molar-refractivity contribution in [1.29, 1.82) is 0 Å². The number of hydrogen-bond donors (Lipinski definition) is 0. The minimum Gasteiger partial charge on any atom is -0.489 e. The second kappa shape index (κ2) is 15.5. The SMILES string of the molecule is CCC(C)c1ccc(COc2ccc(C3(c4ccc(C)cc4)c4ccccc4-c4ccc(N(c5ccccc5)c5ccc(-c6ccccc6)cc5)cc43)cc2)cc1. The molecule has 1 aliphatic carbocycles. The highest BCUT2D eigenvalue weighted by molar-refractivity contribution is 5.89. The van der Waals surface area contributed by atoms with E-state index in [1.54, 1.807) is 0 Å². The summed E-state index contributed by atoms with van der Waals surface area (Å²) in [6.45, 7) is 7.21. The first-order chi connectivity index (χ1) is 28.0. The Labute approximate surface area is 337 Å². The first-order valence-corrected chi connectivity index (χ1v) is 20.2. The van der Waals surface area contributed by atoms with E-state index >= 15 is 0 Å². The molecule has 57 heavy (non-hydrogen) atoms. The van der Waals surface area contributed by atoms with Gasteiger partial charge in [0.15, 0.2) is 0 Å². The molecular formula is C55H47NO. The number of benzene rings is 8. The van der Waals surface area contributed by atoms with Crippen molar-refractivity contribution >= 4 is 17.1 Å². The molecule has 0 aliphatic heterocycles. The smallest absolute Gasteiger partial charge is 0.119 e. The molecule has 2 unspecified atom stereocenters. The van der Waals surface area contributed by atoms with Gasteiger partial charge in [-0.15, -0.1) is 0 Å². The van der Waals surface area contributed by atoms with Crippen LogP contribution in [0, 0.1) is 6.92 Å². The minimum absolute atomic E-state index is 0.528. The predicted octanol–water partition coefficient (Wildman–Crippen LogP) is 14.6. The molecule has 0 amide bonds. The Balaban J connectivity index is 1.16. The molecule has 2 atom stereocenters. The van der Waals surface area contributed by atoms with Crippen molar-refractivity contribution < 1.29 is 4.74 Å². The highest BCUT2D eigenvalue weighted by atomic mass is 16.5. The Morgan fingerprint density at radius 2 is 1.07 bits per heavy atom. The number of rotatable bonds is 11. The molecule has 2 nitrogen and oxygen atoms in total. The van der Waals surface area contributed by atoms with E-state index in [4.69, 9.17) is 4.74 Å². The second-order valence-corrected chi connectivity index (χ2v) is 15.3. The highest BCUT2D eigenvalue weighted by Gasteiger charge is 2.46. The molecule has 0 aromatic heterocycles. The van der Waals surface area contributed by atoms with Crippen LogP contribution in [0.2, 0.25) is 0 Å². The number of aryl methyl sites for hydroxylation is 1. The number of fused-ring (bicyclic) bond motifs is 3. The lowest BCUT2D eigenvalue weighted by molar-refractivity contribution is 0.306. The Kier molecular flexibility index (Phi) is 9.78. The minimum atomic E-state index is -0.556. The van der Waals surface area contributed by atoms with Crippen LogP contribution in [0.25, 0.3) is 22.3 Å². The van der Waals surface area contributed by atoms with Crippen LogP contribution < -0.4 is 9.64 Å². The molecule has 0 saturated carbocycles. The molecule has 2 heteroatoms. The molecule has 278 valence electrons. The Hall–Kier alpha value is -6.64. The van der Waals surface area contributed by atoms with Crippen LogP contribution in [0.15, 0.2) is 200 Å². The van der Waals surface area contributed by atoms with Gasteiger partial charge in [-0.2, -0.15) is 0 Å². The molecule has 0 spiro atoms. The fraction of sp³-hybridized carbons (Fsp3) is 0.127.